The van der Waals surface area contributed by atoms with Crippen molar-refractivity contribution in [1.29, 1.82) is 0 Å². The number of methoxy groups -OCH3 is 1. The van der Waals surface area contributed by atoms with E-state index in [2.05, 4.69) is 10.6 Å². The van der Waals surface area contributed by atoms with Crippen molar-refractivity contribution in [2.75, 3.05) is 30.9 Å². The van der Waals surface area contributed by atoms with Gasteiger partial charge in [0.25, 0.3) is 11.6 Å². The Morgan fingerprint density at radius 3 is 2.60 bits per heavy atom. The number of amides is 1. The van der Waals surface area contributed by atoms with Gasteiger partial charge in [-0.15, -0.1) is 0 Å². The summed E-state index contributed by atoms with van der Waals surface area (Å²) in [7, 11) is 1.50. The zero-order valence-corrected chi connectivity index (χ0v) is 16.7. The van der Waals surface area contributed by atoms with Crippen molar-refractivity contribution < 1.29 is 28.4 Å². The van der Waals surface area contributed by atoms with E-state index in [4.69, 9.17) is 9.47 Å². The molecule has 0 fully saturated rings. The lowest BCUT2D eigenvalue weighted by Gasteiger charge is -2.14. The van der Waals surface area contributed by atoms with Gasteiger partial charge in [-0.05, 0) is 43.7 Å². The predicted molar refractivity (Wildman–Crippen MR) is 108 cm³/mol. The van der Waals surface area contributed by atoms with Crippen LogP contribution in [-0.4, -0.2) is 43.2 Å². The van der Waals surface area contributed by atoms with Gasteiger partial charge in [0.05, 0.1) is 17.1 Å². The highest BCUT2D eigenvalue weighted by molar-refractivity contribution is 5.97. The number of carbonyl (C=O) groups excluding carboxylic acids is 2. The summed E-state index contributed by atoms with van der Waals surface area (Å²) in [6.45, 7) is 3.62. The highest BCUT2D eigenvalue weighted by atomic mass is 19.1. The summed E-state index contributed by atoms with van der Waals surface area (Å²) in [5, 5.41) is 16.6. The fraction of sp³-hybridized carbons (Fsp3) is 0.300. The average Bonchev–Trinajstić information content (AvgIpc) is 2.70. The standard InChI is InChI=1S/C20H22FN3O6/c1-12-4-6-15(11-16(12)21)23-19(25)13(2)30-20(26)14-5-7-17(22-8-9-29-3)18(10-14)24(27)28/h4-7,10-11,13,22H,8-9H2,1-3H3,(H,23,25)/t13-/m0/s1. The van der Waals surface area contributed by atoms with Crippen molar-refractivity contribution in [3.05, 3.63) is 63.5 Å². The average molecular weight is 419 g/mol. The molecule has 10 heteroatoms. The Morgan fingerprint density at radius 2 is 1.97 bits per heavy atom. The lowest BCUT2D eigenvalue weighted by atomic mass is 10.1. The third kappa shape index (κ3) is 5.98. The largest absolute Gasteiger partial charge is 0.449 e. The summed E-state index contributed by atoms with van der Waals surface area (Å²) in [5.41, 5.74) is 0.468. The van der Waals surface area contributed by atoms with E-state index in [1.165, 1.54) is 38.3 Å². The second kappa shape index (κ2) is 10.3. The number of hydrogen-bond acceptors (Lipinski definition) is 7. The first kappa shape index (κ1) is 22.8. The molecule has 2 aromatic carbocycles. The molecule has 0 saturated heterocycles. The smallest absolute Gasteiger partial charge is 0.339 e. The molecule has 0 aromatic heterocycles. The Morgan fingerprint density at radius 1 is 1.23 bits per heavy atom. The van der Waals surface area contributed by atoms with Crippen molar-refractivity contribution in [1.82, 2.24) is 0 Å². The molecule has 2 rings (SSSR count). The molecule has 0 bridgehead atoms. The number of nitrogens with one attached hydrogen (secondary N) is 2. The van der Waals surface area contributed by atoms with E-state index in [0.717, 1.165) is 12.1 Å². The fourth-order valence-electron chi connectivity index (χ4n) is 2.44. The van der Waals surface area contributed by atoms with E-state index in [9.17, 15) is 24.1 Å². The zero-order valence-electron chi connectivity index (χ0n) is 16.7. The first-order valence-corrected chi connectivity index (χ1v) is 9.02. The summed E-state index contributed by atoms with van der Waals surface area (Å²) in [6, 6.07) is 7.97. The molecule has 30 heavy (non-hydrogen) atoms. The molecule has 1 amide bonds. The highest BCUT2D eigenvalue weighted by Crippen LogP contribution is 2.26. The molecule has 160 valence electrons. The normalized spacial score (nSPS) is 11.5. The van der Waals surface area contributed by atoms with E-state index in [1.54, 1.807) is 6.92 Å². The van der Waals surface area contributed by atoms with E-state index in [-0.39, 0.29) is 22.6 Å². The van der Waals surface area contributed by atoms with Crippen LogP contribution in [0.15, 0.2) is 36.4 Å². The number of hydrogen-bond donors (Lipinski definition) is 2. The maximum absolute atomic E-state index is 13.6. The number of rotatable bonds is 9. The molecule has 2 N–H and O–H groups in total. The van der Waals surface area contributed by atoms with Crippen molar-refractivity contribution in [3.63, 3.8) is 0 Å². The topological polar surface area (TPSA) is 120 Å². The fourth-order valence-corrected chi connectivity index (χ4v) is 2.44. The number of nitrogens with zero attached hydrogens (tertiary/aromatic N) is 1. The number of carbonyl (C=O) groups is 2. The molecule has 0 aliphatic rings. The summed E-state index contributed by atoms with van der Waals surface area (Å²) >= 11 is 0. The lowest BCUT2D eigenvalue weighted by Crippen LogP contribution is -2.30. The van der Waals surface area contributed by atoms with Crippen LogP contribution in [0.4, 0.5) is 21.5 Å². The Labute approximate surface area is 172 Å². The summed E-state index contributed by atoms with van der Waals surface area (Å²) < 4.78 is 23.6. The quantitative estimate of drug-likeness (QED) is 0.277. The van der Waals surface area contributed by atoms with Crippen molar-refractivity contribution in [2.45, 2.75) is 20.0 Å². The Balaban J connectivity index is 2.06. The monoisotopic (exact) mass is 419 g/mol. The van der Waals surface area contributed by atoms with Gasteiger partial charge in [0.15, 0.2) is 6.10 Å². The molecule has 0 aliphatic carbocycles. The SMILES string of the molecule is COCCNc1ccc(C(=O)O[C@@H](C)C(=O)Nc2ccc(C)c(F)c2)cc1[N+](=O)[O-]. The summed E-state index contributed by atoms with van der Waals surface area (Å²) in [5.74, 6) is -2.05. The molecule has 0 spiro atoms. The molecule has 1 atom stereocenters. The van der Waals surface area contributed by atoms with E-state index < -0.39 is 28.7 Å². The highest BCUT2D eigenvalue weighted by Gasteiger charge is 2.22. The number of benzene rings is 2. The van der Waals surface area contributed by atoms with Crippen LogP contribution >= 0.6 is 0 Å². The molecule has 0 unspecified atom stereocenters. The predicted octanol–water partition coefficient (Wildman–Crippen LogP) is 3.28. The molecular formula is C20H22FN3O6. The summed E-state index contributed by atoms with van der Waals surface area (Å²) in [6.07, 6.45) is -1.21. The van der Waals surface area contributed by atoms with Crippen molar-refractivity contribution in [2.24, 2.45) is 0 Å². The number of nitro benzene ring substituents is 1. The van der Waals surface area contributed by atoms with Gasteiger partial charge in [0.1, 0.15) is 11.5 Å². The minimum absolute atomic E-state index is 0.0833. The van der Waals surface area contributed by atoms with Crippen LogP contribution < -0.4 is 10.6 Å². The Kier molecular flexibility index (Phi) is 7.82. The van der Waals surface area contributed by atoms with Gasteiger partial charge in [-0.3, -0.25) is 14.9 Å². The minimum Gasteiger partial charge on any atom is -0.449 e. The van der Waals surface area contributed by atoms with Crippen LogP contribution in [-0.2, 0) is 14.3 Å². The third-order valence-corrected chi connectivity index (χ3v) is 4.14. The van der Waals surface area contributed by atoms with E-state index in [1.807, 2.05) is 0 Å². The minimum atomic E-state index is -1.21. The van der Waals surface area contributed by atoms with Crippen LogP contribution in [0.2, 0.25) is 0 Å². The number of halogens is 1. The third-order valence-electron chi connectivity index (χ3n) is 4.14. The number of aryl methyl sites for hydroxylation is 1. The zero-order chi connectivity index (χ0) is 22.3. The van der Waals surface area contributed by atoms with Gasteiger partial charge < -0.3 is 20.1 Å². The van der Waals surface area contributed by atoms with Gasteiger partial charge in [-0.1, -0.05) is 6.07 Å². The molecular weight excluding hydrogens is 397 g/mol. The number of nitro groups is 1. The number of esters is 1. The van der Waals surface area contributed by atoms with Crippen LogP contribution in [0, 0.1) is 22.9 Å². The van der Waals surface area contributed by atoms with Gasteiger partial charge >= 0.3 is 5.97 Å². The molecule has 0 heterocycles. The van der Waals surface area contributed by atoms with Gasteiger partial charge in [0.2, 0.25) is 0 Å². The van der Waals surface area contributed by atoms with E-state index in [0.29, 0.717) is 18.7 Å². The van der Waals surface area contributed by atoms with Crippen LogP contribution in [0.1, 0.15) is 22.8 Å². The second-order valence-electron chi connectivity index (χ2n) is 6.41. The molecule has 0 saturated carbocycles. The molecule has 2 aromatic rings. The van der Waals surface area contributed by atoms with Crippen LogP contribution in [0.3, 0.4) is 0 Å². The van der Waals surface area contributed by atoms with Crippen molar-refractivity contribution >= 4 is 28.9 Å². The van der Waals surface area contributed by atoms with Gasteiger partial charge in [-0.25, -0.2) is 9.18 Å². The van der Waals surface area contributed by atoms with E-state index >= 15 is 0 Å². The lowest BCUT2D eigenvalue weighted by molar-refractivity contribution is -0.384. The Hall–Kier alpha value is -3.53. The second-order valence-corrected chi connectivity index (χ2v) is 6.41. The first-order chi connectivity index (χ1) is 14.2. The molecule has 9 nitrogen and oxygen atoms in total. The van der Waals surface area contributed by atoms with Crippen LogP contribution in [0.25, 0.3) is 0 Å². The Bertz CT molecular complexity index is 950. The number of anilines is 2. The number of ether oxygens (including phenoxy) is 2. The van der Waals surface area contributed by atoms with Crippen LogP contribution in [0.5, 0.6) is 0 Å². The van der Waals surface area contributed by atoms with Crippen molar-refractivity contribution in [3.8, 4) is 0 Å². The maximum Gasteiger partial charge on any atom is 0.339 e. The molecule has 0 aliphatic heterocycles. The molecule has 0 radical (unpaired) electrons. The van der Waals surface area contributed by atoms with Gasteiger partial charge in [-0.2, -0.15) is 0 Å². The maximum atomic E-state index is 13.6. The first-order valence-electron chi connectivity index (χ1n) is 9.02. The van der Waals surface area contributed by atoms with Gasteiger partial charge in [0, 0.05) is 25.4 Å². The summed E-state index contributed by atoms with van der Waals surface area (Å²) in [4.78, 5) is 35.2.